The smallest absolute Gasteiger partial charge is 0.413 e. The van der Waals surface area contributed by atoms with E-state index in [9.17, 15) is 9.59 Å². The zero-order chi connectivity index (χ0) is 13.1. The van der Waals surface area contributed by atoms with Crippen molar-refractivity contribution in [1.82, 2.24) is 4.98 Å². The van der Waals surface area contributed by atoms with Crippen molar-refractivity contribution in [1.29, 1.82) is 0 Å². The summed E-state index contributed by atoms with van der Waals surface area (Å²) in [5.41, 5.74) is -0.459. The molecule has 0 radical (unpaired) electrons. The number of aromatic nitrogens is 1. The fourth-order valence-electron chi connectivity index (χ4n) is 1.05. The molecule has 92 valence electrons. The molecule has 6 heteroatoms. The maximum atomic E-state index is 11.4. The number of anilines is 1. The van der Waals surface area contributed by atoms with Crippen molar-refractivity contribution in [3.63, 3.8) is 0 Å². The topological polar surface area (TPSA) is 68.3 Å². The number of amides is 1. The molecule has 0 bridgehead atoms. The number of carbonyl (C=O) groups excluding carboxylic acids is 2. The zero-order valence-electron chi connectivity index (χ0n) is 9.78. The van der Waals surface area contributed by atoms with Gasteiger partial charge in [-0.05, 0) is 32.9 Å². The lowest BCUT2D eigenvalue weighted by atomic mass is 10.2. The summed E-state index contributed by atoms with van der Waals surface area (Å²) in [4.78, 5) is 25.9. The van der Waals surface area contributed by atoms with Gasteiger partial charge in [0.1, 0.15) is 17.1 Å². The normalized spacial score (nSPS) is 10.8. The Kier molecular flexibility index (Phi) is 4.07. The number of hydrogen-bond donors (Lipinski definition) is 1. The number of nitrogens with zero attached hydrogens (tertiary/aromatic N) is 1. The molecule has 1 amide bonds. The molecule has 0 saturated carbocycles. The number of aldehydes is 1. The van der Waals surface area contributed by atoms with Crippen LogP contribution in [0.1, 0.15) is 31.3 Å². The van der Waals surface area contributed by atoms with Gasteiger partial charge >= 0.3 is 6.09 Å². The van der Waals surface area contributed by atoms with Crippen molar-refractivity contribution < 1.29 is 14.3 Å². The van der Waals surface area contributed by atoms with Gasteiger partial charge in [0.25, 0.3) is 0 Å². The highest BCUT2D eigenvalue weighted by molar-refractivity contribution is 6.31. The molecule has 0 unspecified atom stereocenters. The van der Waals surface area contributed by atoms with Crippen molar-refractivity contribution >= 4 is 29.8 Å². The minimum Gasteiger partial charge on any atom is -0.444 e. The Labute approximate surface area is 104 Å². The van der Waals surface area contributed by atoms with Gasteiger partial charge in [-0.1, -0.05) is 11.6 Å². The van der Waals surface area contributed by atoms with Crippen molar-refractivity contribution in [3.8, 4) is 0 Å². The van der Waals surface area contributed by atoms with Crippen LogP contribution in [-0.2, 0) is 4.74 Å². The van der Waals surface area contributed by atoms with E-state index in [1.54, 1.807) is 20.8 Å². The van der Waals surface area contributed by atoms with E-state index in [1.807, 2.05) is 0 Å². The molecule has 1 rings (SSSR count). The number of carbonyl (C=O) groups is 2. The maximum absolute atomic E-state index is 11.4. The summed E-state index contributed by atoms with van der Waals surface area (Å²) in [7, 11) is 0. The maximum Gasteiger partial charge on any atom is 0.413 e. The molecule has 0 spiro atoms. The molecule has 0 fully saturated rings. The summed E-state index contributed by atoms with van der Waals surface area (Å²) in [5, 5.41) is 2.71. The van der Waals surface area contributed by atoms with E-state index >= 15 is 0 Å². The van der Waals surface area contributed by atoms with Crippen LogP contribution in [0.5, 0.6) is 0 Å². The minimum absolute atomic E-state index is 0.142. The predicted octanol–water partition coefficient (Wildman–Crippen LogP) is 2.89. The number of hydrogen-bond acceptors (Lipinski definition) is 4. The standard InChI is InChI=1S/C11H13ClN2O3/c1-11(2,3)17-10(16)14-9-5-7(12)4-8(6-15)13-9/h4-6H,1-3H3,(H,13,14,16). The summed E-state index contributed by atoms with van der Waals surface area (Å²) in [6.45, 7) is 5.23. The van der Waals surface area contributed by atoms with Crippen LogP contribution < -0.4 is 5.32 Å². The SMILES string of the molecule is CC(C)(C)OC(=O)Nc1cc(Cl)cc(C=O)n1. The predicted molar refractivity (Wildman–Crippen MR) is 64.5 cm³/mol. The highest BCUT2D eigenvalue weighted by Crippen LogP contribution is 2.15. The second-order valence-electron chi connectivity index (χ2n) is 4.34. The quantitative estimate of drug-likeness (QED) is 0.826. The number of halogens is 1. The van der Waals surface area contributed by atoms with E-state index in [1.165, 1.54) is 12.1 Å². The number of nitrogens with one attached hydrogen (secondary N) is 1. The minimum atomic E-state index is -0.649. The monoisotopic (exact) mass is 256 g/mol. The molecule has 0 aliphatic heterocycles. The van der Waals surface area contributed by atoms with Crippen LogP contribution in [0.2, 0.25) is 5.02 Å². The second-order valence-corrected chi connectivity index (χ2v) is 4.78. The van der Waals surface area contributed by atoms with Crippen LogP contribution >= 0.6 is 11.6 Å². The highest BCUT2D eigenvalue weighted by atomic mass is 35.5. The molecule has 1 heterocycles. The Balaban J connectivity index is 2.78. The molecule has 0 aliphatic rings. The highest BCUT2D eigenvalue weighted by Gasteiger charge is 2.16. The van der Waals surface area contributed by atoms with Gasteiger partial charge in [0.05, 0.1) is 0 Å². The van der Waals surface area contributed by atoms with Gasteiger partial charge in [0.2, 0.25) is 0 Å². The Morgan fingerprint density at radius 3 is 2.65 bits per heavy atom. The van der Waals surface area contributed by atoms with Crippen molar-refractivity contribution in [2.45, 2.75) is 26.4 Å². The lowest BCUT2D eigenvalue weighted by molar-refractivity contribution is 0.0635. The summed E-state index contributed by atoms with van der Waals surface area (Å²) < 4.78 is 5.03. The average molecular weight is 257 g/mol. The lowest BCUT2D eigenvalue weighted by Gasteiger charge is -2.19. The molecule has 1 aromatic rings. The largest absolute Gasteiger partial charge is 0.444 e. The van der Waals surface area contributed by atoms with Gasteiger partial charge in [-0.15, -0.1) is 0 Å². The zero-order valence-corrected chi connectivity index (χ0v) is 10.5. The molecule has 0 saturated heterocycles. The van der Waals surface area contributed by atoms with E-state index in [-0.39, 0.29) is 11.5 Å². The van der Waals surface area contributed by atoms with E-state index in [2.05, 4.69) is 10.3 Å². The molecular formula is C11H13ClN2O3. The Morgan fingerprint density at radius 1 is 1.47 bits per heavy atom. The van der Waals surface area contributed by atoms with Gasteiger partial charge in [0, 0.05) is 5.02 Å². The van der Waals surface area contributed by atoms with Crippen LogP contribution in [0.3, 0.4) is 0 Å². The van der Waals surface area contributed by atoms with Crippen molar-refractivity contribution in [3.05, 3.63) is 22.8 Å². The van der Waals surface area contributed by atoms with E-state index in [0.717, 1.165) is 0 Å². The average Bonchev–Trinajstić information content (AvgIpc) is 2.13. The third-order valence-corrected chi connectivity index (χ3v) is 1.78. The Morgan fingerprint density at radius 2 is 2.12 bits per heavy atom. The third-order valence-electron chi connectivity index (χ3n) is 1.56. The Hall–Kier alpha value is -1.62. The fraction of sp³-hybridized carbons (Fsp3) is 0.364. The van der Waals surface area contributed by atoms with Gasteiger partial charge in [-0.2, -0.15) is 0 Å². The first-order valence-electron chi connectivity index (χ1n) is 4.93. The third kappa shape index (κ3) is 4.82. The van der Waals surface area contributed by atoms with Gasteiger partial charge < -0.3 is 4.74 Å². The van der Waals surface area contributed by atoms with E-state index in [4.69, 9.17) is 16.3 Å². The van der Waals surface area contributed by atoms with Crippen LogP contribution in [0.4, 0.5) is 10.6 Å². The summed E-state index contributed by atoms with van der Waals surface area (Å²) in [6, 6.07) is 2.83. The number of ether oxygens (including phenoxy) is 1. The van der Waals surface area contributed by atoms with Crippen molar-refractivity contribution in [2.24, 2.45) is 0 Å². The molecule has 1 N–H and O–H groups in total. The van der Waals surface area contributed by atoms with E-state index < -0.39 is 11.7 Å². The molecule has 1 aromatic heterocycles. The van der Waals surface area contributed by atoms with Gasteiger partial charge in [-0.3, -0.25) is 10.1 Å². The first kappa shape index (κ1) is 13.4. The molecular weight excluding hydrogens is 244 g/mol. The van der Waals surface area contributed by atoms with Gasteiger partial charge in [0.15, 0.2) is 6.29 Å². The van der Waals surface area contributed by atoms with Crippen LogP contribution in [0.15, 0.2) is 12.1 Å². The van der Waals surface area contributed by atoms with Gasteiger partial charge in [-0.25, -0.2) is 9.78 Å². The molecule has 5 nitrogen and oxygen atoms in total. The first-order valence-corrected chi connectivity index (χ1v) is 5.31. The van der Waals surface area contributed by atoms with Crippen LogP contribution in [0.25, 0.3) is 0 Å². The lowest BCUT2D eigenvalue weighted by Crippen LogP contribution is -2.27. The molecule has 0 atom stereocenters. The van der Waals surface area contributed by atoms with Crippen molar-refractivity contribution in [2.75, 3.05) is 5.32 Å². The second kappa shape index (κ2) is 5.14. The number of pyridine rings is 1. The summed E-state index contributed by atoms with van der Waals surface area (Å²) in [6.07, 6.45) is -0.101. The molecule has 0 aromatic carbocycles. The summed E-state index contributed by atoms with van der Waals surface area (Å²) in [5.74, 6) is 0.175. The van der Waals surface area contributed by atoms with E-state index in [0.29, 0.717) is 11.3 Å². The summed E-state index contributed by atoms with van der Waals surface area (Å²) >= 11 is 5.75. The fourth-order valence-corrected chi connectivity index (χ4v) is 1.26. The number of rotatable bonds is 2. The molecule has 17 heavy (non-hydrogen) atoms. The first-order chi connectivity index (χ1) is 7.80. The Bertz CT molecular complexity index is 441. The van der Waals surface area contributed by atoms with Crippen LogP contribution in [-0.4, -0.2) is 23.0 Å². The van der Waals surface area contributed by atoms with Crippen LogP contribution in [0, 0.1) is 0 Å². The molecule has 0 aliphatic carbocycles.